The summed E-state index contributed by atoms with van der Waals surface area (Å²) in [7, 11) is 0. The highest BCUT2D eigenvalue weighted by atomic mass is 15.0. The molecule has 0 aliphatic carbocycles. The van der Waals surface area contributed by atoms with Gasteiger partial charge in [0.25, 0.3) is 0 Å². The predicted molar refractivity (Wildman–Crippen MR) is 161 cm³/mol. The molecule has 200 valence electrons. The Morgan fingerprint density at radius 3 is 1.74 bits per heavy atom. The van der Waals surface area contributed by atoms with Crippen LogP contribution in [0.3, 0.4) is 0 Å². The average molecular weight is 519 g/mol. The van der Waals surface area contributed by atoms with Crippen LogP contribution in [0.25, 0.3) is 33.6 Å². The number of nitrogens with one attached hydrogen (secondary N) is 4. The lowest BCUT2D eigenvalue weighted by atomic mass is 9.97. The van der Waals surface area contributed by atoms with E-state index < -0.39 is 0 Å². The number of hydrogen-bond acceptors (Lipinski definition) is 4. The predicted octanol–water partition coefficient (Wildman–Crippen LogP) is 6.57. The lowest BCUT2D eigenvalue weighted by molar-refractivity contribution is 0.496. The van der Waals surface area contributed by atoms with Crippen LogP contribution in [0.1, 0.15) is 69.8 Å². The number of rotatable bonds is 11. The molecule has 2 aromatic carbocycles. The fraction of sp³-hybridized carbons (Fsp3) is 0.333. The highest BCUT2D eigenvalue weighted by molar-refractivity contribution is 5.73. The minimum Gasteiger partial charge on any atom is -0.341 e. The van der Waals surface area contributed by atoms with Gasteiger partial charge >= 0.3 is 0 Å². The summed E-state index contributed by atoms with van der Waals surface area (Å²) < 4.78 is 0. The van der Waals surface area contributed by atoms with E-state index in [0.717, 1.165) is 52.6 Å². The molecule has 0 saturated carbocycles. The second-order valence-electron chi connectivity index (χ2n) is 10.0. The quantitative estimate of drug-likeness (QED) is 0.169. The summed E-state index contributed by atoms with van der Waals surface area (Å²) in [5, 5.41) is 6.85. The zero-order chi connectivity index (χ0) is 27.9. The number of aromatic amines is 2. The van der Waals surface area contributed by atoms with E-state index in [9.17, 15) is 0 Å². The molecule has 0 saturated heterocycles. The van der Waals surface area contributed by atoms with Crippen molar-refractivity contribution in [1.29, 1.82) is 0 Å². The zero-order valence-electron chi connectivity index (χ0n) is 23.5. The minimum absolute atomic E-state index is 0.0317. The van der Waals surface area contributed by atoms with Crippen molar-refractivity contribution in [3.05, 3.63) is 72.1 Å². The van der Waals surface area contributed by atoms with E-state index in [4.69, 9.17) is 12.8 Å². The fourth-order valence-corrected chi connectivity index (χ4v) is 4.71. The number of aryl methyl sites for hydroxylation is 1. The van der Waals surface area contributed by atoms with Crippen molar-refractivity contribution in [3.63, 3.8) is 0 Å². The number of hydrogen-bond donors (Lipinski definition) is 4. The SMILES string of the molecule is C#CC(CC)NC(C)c1ncc(-c2ccc(-c3ccc(-c4cnc(C(C)NC(C#C)CC)[nH]4)c(C)c3)cc2)[nH]1. The summed E-state index contributed by atoms with van der Waals surface area (Å²) in [6.07, 6.45) is 16.7. The second-order valence-corrected chi connectivity index (χ2v) is 10.0. The van der Waals surface area contributed by atoms with Crippen LogP contribution in [0.4, 0.5) is 0 Å². The van der Waals surface area contributed by atoms with Crippen molar-refractivity contribution >= 4 is 0 Å². The van der Waals surface area contributed by atoms with Crippen LogP contribution in [-0.4, -0.2) is 32.0 Å². The van der Waals surface area contributed by atoms with E-state index in [1.54, 1.807) is 0 Å². The molecule has 4 unspecified atom stereocenters. The van der Waals surface area contributed by atoms with E-state index in [-0.39, 0.29) is 24.2 Å². The number of nitrogens with zero attached hydrogens (tertiary/aromatic N) is 2. The molecule has 0 radical (unpaired) electrons. The van der Waals surface area contributed by atoms with E-state index in [1.165, 1.54) is 11.1 Å². The van der Waals surface area contributed by atoms with Crippen molar-refractivity contribution in [2.24, 2.45) is 0 Å². The van der Waals surface area contributed by atoms with Crippen LogP contribution in [0.2, 0.25) is 0 Å². The molecule has 39 heavy (non-hydrogen) atoms. The highest BCUT2D eigenvalue weighted by Gasteiger charge is 2.16. The van der Waals surface area contributed by atoms with Gasteiger partial charge in [0.05, 0.1) is 47.9 Å². The van der Waals surface area contributed by atoms with Crippen LogP contribution in [0.5, 0.6) is 0 Å². The molecule has 6 heteroatoms. The molecule has 0 amide bonds. The number of H-pyrrole nitrogens is 2. The Balaban J connectivity index is 1.46. The smallest absolute Gasteiger partial charge is 0.123 e. The molecule has 0 bridgehead atoms. The molecule has 4 rings (SSSR count). The van der Waals surface area contributed by atoms with Gasteiger partial charge in [-0.2, -0.15) is 0 Å². The molecule has 2 aromatic heterocycles. The van der Waals surface area contributed by atoms with Gasteiger partial charge < -0.3 is 9.97 Å². The number of aromatic nitrogens is 4. The molecule has 0 aliphatic rings. The highest BCUT2D eigenvalue weighted by Crippen LogP contribution is 2.30. The van der Waals surface area contributed by atoms with Crippen LogP contribution in [0, 0.1) is 31.6 Å². The Morgan fingerprint density at radius 2 is 1.23 bits per heavy atom. The molecule has 4 N–H and O–H groups in total. The lowest BCUT2D eigenvalue weighted by Gasteiger charge is -2.16. The Kier molecular flexibility index (Phi) is 9.04. The summed E-state index contributed by atoms with van der Waals surface area (Å²) in [4.78, 5) is 16.1. The summed E-state index contributed by atoms with van der Waals surface area (Å²) in [6.45, 7) is 10.4. The van der Waals surface area contributed by atoms with Gasteiger partial charge in [0.15, 0.2) is 0 Å². The van der Waals surface area contributed by atoms with Crippen molar-refractivity contribution in [2.75, 3.05) is 0 Å². The van der Waals surface area contributed by atoms with Gasteiger partial charge in [0, 0.05) is 5.56 Å². The first kappa shape index (κ1) is 27.9. The van der Waals surface area contributed by atoms with E-state index >= 15 is 0 Å². The van der Waals surface area contributed by atoms with Crippen LogP contribution < -0.4 is 10.6 Å². The topological polar surface area (TPSA) is 81.4 Å². The van der Waals surface area contributed by atoms with E-state index in [1.807, 2.05) is 12.4 Å². The number of benzene rings is 2. The van der Waals surface area contributed by atoms with Gasteiger partial charge in [-0.15, -0.1) is 12.8 Å². The van der Waals surface area contributed by atoms with Gasteiger partial charge in [0.1, 0.15) is 11.6 Å². The van der Waals surface area contributed by atoms with Gasteiger partial charge in [0.2, 0.25) is 0 Å². The van der Waals surface area contributed by atoms with E-state index in [0.29, 0.717) is 0 Å². The fourth-order valence-electron chi connectivity index (χ4n) is 4.71. The summed E-state index contributed by atoms with van der Waals surface area (Å²) >= 11 is 0. The molecule has 0 spiro atoms. The zero-order valence-corrected chi connectivity index (χ0v) is 23.5. The van der Waals surface area contributed by atoms with Crippen LogP contribution >= 0.6 is 0 Å². The summed E-state index contributed by atoms with van der Waals surface area (Å²) in [5.74, 6) is 7.32. The summed E-state index contributed by atoms with van der Waals surface area (Å²) in [6, 6.07) is 15.2. The van der Waals surface area contributed by atoms with Gasteiger partial charge in [-0.1, -0.05) is 68.2 Å². The van der Waals surface area contributed by atoms with Gasteiger partial charge in [-0.3, -0.25) is 10.6 Å². The first-order chi connectivity index (χ1) is 18.9. The minimum atomic E-state index is 0.0317. The number of imidazole rings is 2. The molecule has 4 aromatic rings. The first-order valence-electron chi connectivity index (χ1n) is 13.6. The largest absolute Gasteiger partial charge is 0.341 e. The Labute approximate surface area is 232 Å². The third-order valence-electron chi connectivity index (χ3n) is 7.18. The maximum absolute atomic E-state index is 5.61. The number of terminal acetylenes is 2. The molecular weight excluding hydrogens is 480 g/mol. The molecular formula is C33H38N6. The Bertz CT molecular complexity index is 1460. The van der Waals surface area contributed by atoms with Crippen molar-refractivity contribution in [2.45, 2.75) is 71.6 Å². The molecule has 4 atom stereocenters. The van der Waals surface area contributed by atoms with Crippen molar-refractivity contribution in [3.8, 4) is 58.3 Å². The monoisotopic (exact) mass is 518 g/mol. The van der Waals surface area contributed by atoms with Gasteiger partial charge in [-0.05, 0) is 55.9 Å². The second kappa shape index (κ2) is 12.6. The molecule has 6 nitrogen and oxygen atoms in total. The Hall–Kier alpha value is -4.10. The maximum atomic E-state index is 5.61. The van der Waals surface area contributed by atoms with E-state index in [2.05, 4.69) is 119 Å². The average Bonchev–Trinajstić information content (AvgIpc) is 3.65. The molecule has 2 heterocycles. The van der Waals surface area contributed by atoms with Gasteiger partial charge in [-0.25, -0.2) is 9.97 Å². The maximum Gasteiger partial charge on any atom is 0.123 e. The third kappa shape index (κ3) is 6.49. The molecule has 0 aliphatic heterocycles. The molecule has 0 fully saturated rings. The van der Waals surface area contributed by atoms with Crippen LogP contribution in [0.15, 0.2) is 54.9 Å². The third-order valence-corrected chi connectivity index (χ3v) is 7.18. The normalized spacial score (nSPS) is 14.2. The first-order valence-corrected chi connectivity index (χ1v) is 13.6. The summed E-state index contributed by atoms with van der Waals surface area (Å²) in [5.41, 5.74) is 7.71. The standard InChI is InChI=1S/C33H38N6/c1-8-27(9-2)36-22(6)32-34-19-30(38-32)25-14-12-24(13-15-25)26-16-17-29(21(5)18-26)31-20-35-33(39-31)23(7)37-28(10-3)11-4/h1,3,12-20,22-23,27-28,36-37H,9,11H2,2,4-7H3,(H,34,38)(H,35,39). The van der Waals surface area contributed by atoms with Crippen LogP contribution in [-0.2, 0) is 0 Å². The van der Waals surface area contributed by atoms with Crippen molar-refractivity contribution < 1.29 is 0 Å². The lowest BCUT2D eigenvalue weighted by Crippen LogP contribution is -2.30. The Morgan fingerprint density at radius 1 is 0.744 bits per heavy atom. The van der Waals surface area contributed by atoms with Crippen molar-refractivity contribution in [1.82, 2.24) is 30.6 Å².